The number of hydrogen-bond donors (Lipinski definition) is 1. The van der Waals surface area contributed by atoms with Crippen molar-refractivity contribution in [3.8, 4) is 0 Å². The number of benzene rings is 2. The predicted octanol–water partition coefficient (Wildman–Crippen LogP) is 4.22. The van der Waals surface area contributed by atoms with Crippen molar-refractivity contribution in [3.05, 3.63) is 71.8 Å². The summed E-state index contributed by atoms with van der Waals surface area (Å²) in [5, 5.41) is 11.4. The van der Waals surface area contributed by atoms with Crippen molar-refractivity contribution in [3.63, 3.8) is 0 Å². The van der Waals surface area contributed by atoms with Crippen LogP contribution in [0.15, 0.2) is 60.7 Å². The van der Waals surface area contributed by atoms with Gasteiger partial charge in [-0.2, -0.15) is 0 Å². The van der Waals surface area contributed by atoms with Gasteiger partial charge >= 0.3 is 0 Å². The molecule has 0 unspecified atom stereocenters. The first-order valence-electron chi connectivity index (χ1n) is 8.35. The van der Waals surface area contributed by atoms with Crippen LogP contribution in [0, 0.1) is 0 Å². The quantitative estimate of drug-likeness (QED) is 0.856. The zero-order valence-corrected chi connectivity index (χ0v) is 14.3. The number of aliphatic hydroxyl groups is 1. The smallest absolute Gasteiger partial charge is 0.115 e. The number of halogens is 1. The van der Waals surface area contributed by atoms with Crippen molar-refractivity contribution in [2.24, 2.45) is 0 Å². The molecule has 2 aromatic rings. The molecule has 0 amide bonds. The molecule has 0 saturated carbocycles. The van der Waals surface area contributed by atoms with Crippen LogP contribution >= 0.6 is 12.4 Å². The number of hydrogen-bond acceptors (Lipinski definition) is 2. The Balaban J connectivity index is 0.00000192. The zero-order chi connectivity index (χ0) is 15.3. The van der Waals surface area contributed by atoms with E-state index in [0.29, 0.717) is 0 Å². The Morgan fingerprint density at radius 2 is 1.30 bits per heavy atom. The minimum absolute atomic E-state index is 0. The van der Waals surface area contributed by atoms with E-state index in [9.17, 15) is 5.11 Å². The van der Waals surface area contributed by atoms with E-state index < -0.39 is 5.60 Å². The Morgan fingerprint density at radius 1 is 0.826 bits per heavy atom. The van der Waals surface area contributed by atoms with Gasteiger partial charge in [-0.15, -0.1) is 12.4 Å². The Kier molecular flexibility index (Phi) is 6.64. The Bertz CT molecular complexity index is 527. The normalized spacial score (nSPS) is 15.3. The average Bonchev–Trinajstić information content (AvgIpc) is 3.10. The Labute approximate surface area is 145 Å². The molecule has 3 rings (SSSR count). The molecule has 1 saturated heterocycles. The van der Waals surface area contributed by atoms with E-state index in [1.807, 2.05) is 60.7 Å². The largest absolute Gasteiger partial charge is 0.380 e. The van der Waals surface area contributed by atoms with E-state index in [1.165, 1.54) is 25.9 Å². The topological polar surface area (TPSA) is 23.5 Å². The van der Waals surface area contributed by atoms with Gasteiger partial charge in [-0.05, 0) is 56.4 Å². The molecule has 0 spiro atoms. The van der Waals surface area contributed by atoms with Gasteiger partial charge in [0.05, 0.1) is 0 Å². The molecule has 23 heavy (non-hydrogen) atoms. The summed E-state index contributed by atoms with van der Waals surface area (Å²) in [6, 6.07) is 20.1. The van der Waals surface area contributed by atoms with Gasteiger partial charge in [-0.3, -0.25) is 0 Å². The molecular weight excluding hydrogens is 306 g/mol. The summed E-state index contributed by atoms with van der Waals surface area (Å²) in [6.45, 7) is 3.52. The fourth-order valence-electron chi connectivity index (χ4n) is 3.45. The first-order chi connectivity index (χ1) is 10.8. The molecule has 1 fully saturated rings. The summed E-state index contributed by atoms with van der Waals surface area (Å²) >= 11 is 0. The van der Waals surface area contributed by atoms with Crippen LogP contribution < -0.4 is 0 Å². The lowest BCUT2D eigenvalue weighted by Gasteiger charge is -2.30. The highest BCUT2D eigenvalue weighted by atomic mass is 35.5. The Morgan fingerprint density at radius 3 is 1.78 bits per heavy atom. The van der Waals surface area contributed by atoms with Crippen molar-refractivity contribution in [2.45, 2.75) is 31.3 Å². The first kappa shape index (κ1) is 18.0. The van der Waals surface area contributed by atoms with E-state index in [1.54, 1.807) is 0 Å². The summed E-state index contributed by atoms with van der Waals surface area (Å²) < 4.78 is 0. The van der Waals surface area contributed by atoms with Gasteiger partial charge in [0.1, 0.15) is 5.60 Å². The lowest BCUT2D eigenvalue weighted by molar-refractivity contribution is 0.0656. The molecule has 2 aromatic carbocycles. The van der Waals surface area contributed by atoms with Crippen LogP contribution in [0.3, 0.4) is 0 Å². The van der Waals surface area contributed by atoms with Crippen LogP contribution in [0.2, 0.25) is 0 Å². The molecular formula is C20H26ClNO. The van der Waals surface area contributed by atoms with Crippen LogP contribution in [0.25, 0.3) is 0 Å². The van der Waals surface area contributed by atoms with Crippen molar-refractivity contribution in [1.82, 2.24) is 4.90 Å². The molecule has 1 heterocycles. The van der Waals surface area contributed by atoms with Crippen molar-refractivity contribution in [1.29, 1.82) is 0 Å². The van der Waals surface area contributed by atoms with E-state index in [0.717, 1.165) is 30.5 Å². The molecule has 2 nitrogen and oxygen atoms in total. The van der Waals surface area contributed by atoms with Gasteiger partial charge < -0.3 is 10.0 Å². The van der Waals surface area contributed by atoms with Gasteiger partial charge in [0.2, 0.25) is 0 Å². The SMILES string of the molecule is Cl.OC(CCCN1CCCC1)(c1ccccc1)c1ccccc1. The van der Waals surface area contributed by atoms with E-state index in [-0.39, 0.29) is 12.4 Å². The standard InChI is InChI=1S/C20H25NO.ClH/c22-20(18-10-3-1-4-11-18,19-12-5-2-6-13-19)14-9-17-21-15-7-8-16-21;/h1-6,10-13,22H,7-9,14-17H2;1H. The van der Waals surface area contributed by atoms with Crippen LogP contribution in [0.4, 0.5) is 0 Å². The van der Waals surface area contributed by atoms with E-state index >= 15 is 0 Å². The molecule has 0 radical (unpaired) electrons. The summed E-state index contributed by atoms with van der Waals surface area (Å²) in [5.41, 5.74) is 1.09. The van der Waals surface area contributed by atoms with Gasteiger partial charge in [-0.25, -0.2) is 0 Å². The molecule has 1 aliphatic rings. The highest BCUT2D eigenvalue weighted by Gasteiger charge is 2.31. The maximum atomic E-state index is 11.4. The number of nitrogens with zero attached hydrogens (tertiary/aromatic N) is 1. The molecule has 0 bridgehead atoms. The third-order valence-corrected chi connectivity index (χ3v) is 4.71. The van der Waals surface area contributed by atoms with Gasteiger partial charge in [0, 0.05) is 0 Å². The van der Waals surface area contributed by atoms with Gasteiger partial charge in [-0.1, -0.05) is 60.7 Å². The fraction of sp³-hybridized carbons (Fsp3) is 0.400. The number of rotatable bonds is 6. The van der Waals surface area contributed by atoms with Crippen molar-refractivity contribution in [2.75, 3.05) is 19.6 Å². The van der Waals surface area contributed by atoms with Gasteiger partial charge in [0.25, 0.3) is 0 Å². The van der Waals surface area contributed by atoms with E-state index in [2.05, 4.69) is 4.90 Å². The fourth-order valence-corrected chi connectivity index (χ4v) is 3.45. The Hall–Kier alpha value is -1.35. The molecule has 1 N–H and O–H groups in total. The van der Waals surface area contributed by atoms with E-state index in [4.69, 9.17) is 0 Å². The monoisotopic (exact) mass is 331 g/mol. The van der Waals surface area contributed by atoms with Crippen LogP contribution in [0.1, 0.15) is 36.8 Å². The maximum absolute atomic E-state index is 11.4. The molecule has 1 aliphatic heterocycles. The predicted molar refractivity (Wildman–Crippen MR) is 98.0 cm³/mol. The molecule has 3 heteroatoms. The summed E-state index contributed by atoms with van der Waals surface area (Å²) in [6.07, 6.45) is 4.42. The van der Waals surface area contributed by atoms with Crippen LogP contribution in [0.5, 0.6) is 0 Å². The molecule has 0 aliphatic carbocycles. The minimum atomic E-state index is -0.887. The third kappa shape index (κ3) is 4.35. The molecule has 0 atom stereocenters. The molecule has 0 aromatic heterocycles. The summed E-state index contributed by atoms with van der Waals surface area (Å²) in [7, 11) is 0. The minimum Gasteiger partial charge on any atom is -0.380 e. The van der Waals surface area contributed by atoms with Gasteiger partial charge in [0.15, 0.2) is 0 Å². The highest BCUT2D eigenvalue weighted by Crippen LogP contribution is 2.34. The maximum Gasteiger partial charge on any atom is 0.115 e. The zero-order valence-electron chi connectivity index (χ0n) is 13.5. The number of likely N-dealkylation sites (tertiary alicyclic amines) is 1. The molecule has 124 valence electrons. The highest BCUT2D eigenvalue weighted by molar-refractivity contribution is 5.85. The van der Waals surface area contributed by atoms with Crippen LogP contribution in [-0.2, 0) is 5.60 Å². The lowest BCUT2D eigenvalue weighted by Crippen LogP contribution is -2.29. The summed E-state index contributed by atoms with van der Waals surface area (Å²) in [5.74, 6) is 0. The second-order valence-electron chi connectivity index (χ2n) is 6.24. The van der Waals surface area contributed by atoms with Crippen molar-refractivity contribution >= 4 is 12.4 Å². The van der Waals surface area contributed by atoms with Crippen LogP contribution in [-0.4, -0.2) is 29.6 Å². The second-order valence-corrected chi connectivity index (χ2v) is 6.24. The van der Waals surface area contributed by atoms with Crippen molar-refractivity contribution < 1.29 is 5.11 Å². The first-order valence-corrected chi connectivity index (χ1v) is 8.35. The lowest BCUT2D eigenvalue weighted by atomic mass is 9.82. The second kappa shape index (κ2) is 8.49. The summed E-state index contributed by atoms with van der Waals surface area (Å²) in [4.78, 5) is 2.51. The average molecular weight is 332 g/mol. The third-order valence-electron chi connectivity index (χ3n) is 4.71.